The van der Waals surface area contributed by atoms with Crippen LogP contribution in [-0.2, 0) is 7.05 Å². The molecule has 0 atom stereocenters. The minimum Gasteiger partial charge on any atom is -0.479 e. The summed E-state index contributed by atoms with van der Waals surface area (Å²) in [5, 5.41) is 7.16. The van der Waals surface area contributed by atoms with Gasteiger partial charge in [-0.25, -0.2) is 9.97 Å². The molecule has 1 saturated carbocycles. The molecule has 0 aliphatic heterocycles. The maximum Gasteiger partial charge on any atom is 0.278 e. The van der Waals surface area contributed by atoms with Gasteiger partial charge < -0.3 is 19.5 Å². The number of hydrogen-bond donors (Lipinski definition) is 1. The van der Waals surface area contributed by atoms with Crippen molar-refractivity contribution in [2.45, 2.75) is 37.8 Å². The number of aryl methyl sites for hydroxylation is 1. The number of nitrogens with one attached hydrogen (secondary N) is 1. The topological polar surface area (TPSA) is 100 Å². The van der Waals surface area contributed by atoms with Crippen LogP contribution in [0.3, 0.4) is 0 Å². The zero-order valence-corrected chi connectivity index (χ0v) is 15.1. The van der Waals surface area contributed by atoms with Gasteiger partial charge in [0.2, 0.25) is 5.88 Å². The maximum atomic E-state index is 12.5. The molecule has 1 aliphatic carbocycles. The second-order valence-corrected chi connectivity index (χ2v) is 6.16. The third-order valence-electron chi connectivity index (χ3n) is 4.35. The fraction of sp³-hybridized carbons (Fsp3) is 0.529. The van der Waals surface area contributed by atoms with Crippen LogP contribution in [-0.4, -0.2) is 52.0 Å². The lowest BCUT2D eigenvalue weighted by Crippen LogP contribution is -2.39. The van der Waals surface area contributed by atoms with Crippen molar-refractivity contribution < 1.29 is 19.0 Å². The van der Waals surface area contributed by atoms with Crippen LogP contribution in [0.4, 0.5) is 0 Å². The Bertz CT molecular complexity index is 755. The minimum atomic E-state index is -0.171. The monoisotopic (exact) mass is 361 g/mol. The van der Waals surface area contributed by atoms with Crippen molar-refractivity contribution >= 4 is 5.91 Å². The summed E-state index contributed by atoms with van der Waals surface area (Å²) in [6.45, 7) is 0. The van der Waals surface area contributed by atoms with Crippen LogP contribution in [0.15, 0.2) is 18.6 Å². The van der Waals surface area contributed by atoms with E-state index in [1.54, 1.807) is 30.3 Å². The first-order valence-electron chi connectivity index (χ1n) is 8.51. The number of hydrogen-bond acceptors (Lipinski definition) is 7. The lowest BCUT2D eigenvalue weighted by atomic mass is 9.93. The van der Waals surface area contributed by atoms with Gasteiger partial charge in [-0.3, -0.25) is 9.48 Å². The molecule has 0 unspecified atom stereocenters. The van der Waals surface area contributed by atoms with Gasteiger partial charge in [-0.1, -0.05) is 0 Å². The Hall–Kier alpha value is -2.84. The highest BCUT2D eigenvalue weighted by molar-refractivity contribution is 5.96. The highest BCUT2D eigenvalue weighted by atomic mass is 16.5. The van der Waals surface area contributed by atoms with Gasteiger partial charge in [0, 0.05) is 31.7 Å². The second kappa shape index (κ2) is 8.03. The summed E-state index contributed by atoms with van der Waals surface area (Å²) >= 11 is 0. The van der Waals surface area contributed by atoms with E-state index in [1.165, 1.54) is 14.2 Å². The van der Waals surface area contributed by atoms with Gasteiger partial charge in [0.25, 0.3) is 17.7 Å². The fourth-order valence-electron chi connectivity index (χ4n) is 3.05. The van der Waals surface area contributed by atoms with Crippen molar-refractivity contribution in [1.82, 2.24) is 25.1 Å². The van der Waals surface area contributed by atoms with E-state index in [0.29, 0.717) is 23.2 Å². The average molecular weight is 361 g/mol. The average Bonchev–Trinajstić information content (AvgIpc) is 3.05. The summed E-state index contributed by atoms with van der Waals surface area (Å²) in [4.78, 5) is 20.7. The molecule has 2 heterocycles. The van der Waals surface area contributed by atoms with Gasteiger partial charge in [0.05, 0.1) is 14.2 Å². The third kappa shape index (κ3) is 4.04. The van der Waals surface area contributed by atoms with Crippen molar-refractivity contribution in [2.24, 2.45) is 7.05 Å². The Morgan fingerprint density at radius 1 is 1.08 bits per heavy atom. The van der Waals surface area contributed by atoms with Gasteiger partial charge in [0.15, 0.2) is 0 Å². The van der Waals surface area contributed by atoms with Crippen LogP contribution in [0.5, 0.6) is 17.6 Å². The number of nitrogens with zero attached hydrogens (tertiary/aromatic N) is 4. The number of rotatable bonds is 6. The Kier molecular flexibility index (Phi) is 5.55. The Balaban J connectivity index is 1.53. The van der Waals surface area contributed by atoms with Crippen LogP contribution in [0.25, 0.3) is 0 Å². The molecule has 3 rings (SSSR count). The predicted molar refractivity (Wildman–Crippen MR) is 92.5 cm³/mol. The van der Waals surface area contributed by atoms with Crippen LogP contribution < -0.4 is 19.5 Å². The van der Waals surface area contributed by atoms with Gasteiger partial charge >= 0.3 is 0 Å². The Morgan fingerprint density at radius 3 is 2.38 bits per heavy atom. The Morgan fingerprint density at radius 2 is 1.73 bits per heavy atom. The molecule has 2 aromatic rings. The smallest absolute Gasteiger partial charge is 0.278 e. The normalized spacial score (nSPS) is 19.7. The number of aromatic nitrogens is 4. The van der Waals surface area contributed by atoms with Crippen LogP contribution in [0.1, 0.15) is 36.0 Å². The largest absolute Gasteiger partial charge is 0.479 e. The molecule has 0 bridgehead atoms. The SMILES string of the molecule is COc1nn(C)cc1C(=O)NC1CCC(Oc2nccnc2OC)CC1. The summed E-state index contributed by atoms with van der Waals surface area (Å²) < 4.78 is 17.8. The number of carbonyl (C=O) groups is 1. The van der Waals surface area contributed by atoms with Crippen molar-refractivity contribution in [1.29, 1.82) is 0 Å². The van der Waals surface area contributed by atoms with Crippen LogP contribution in [0.2, 0.25) is 0 Å². The summed E-state index contributed by atoms with van der Waals surface area (Å²) in [6, 6.07) is 0.0935. The van der Waals surface area contributed by atoms with Gasteiger partial charge in [-0.2, -0.15) is 0 Å². The molecule has 26 heavy (non-hydrogen) atoms. The number of carbonyl (C=O) groups excluding carboxylic acids is 1. The first kappa shape index (κ1) is 18.0. The zero-order chi connectivity index (χ0) is 18.5. The summed E-state index contributed by atoms with van der Waals surface area (Å²) in [6.07, 6.45) is 8.09. The highest BCUT2D eigenvalue weighted by Gasteiger charge is 2.26. The first-order valence-corrected chi connectivity index (χ1v) is 8.51. The molecule has 0 radical (unpaired) electrons. The molecule has 9 nitrogen and oxygen atoms in total. The van der Waals surface area contributed by atoms with Gasteiger partial charge in [0.1, 0.15) is 11.7 Å². The van der Waals surface area contributed by atoms with Gasteiger partial charge in [-0.15, -0.1) is 5.10 Å². The second-order valence-electron chi connectivity index (χ2n) is 6.16. The third-order valence-corrected chi connectivity index (χ3v) is 4.35. The quantitative estimate of drug-likeness (QED) is 0.829. The van der Waals surface area contributed by atoms with E-state index in [9.17, 15) is 4.79 Å². The van der Waals surface area contributed by atoms with Crippen molar-refractivity contribution in [2.75, 3.05) is 14.2 Å². The first-order chi connectivity index (χ1) is 12.6. The standard InChI is InChI=1S/C17H23N5O4/c1-22-10-13(15(21-22)24-2)14(23)20-11-4-6-12(7-5-11)26-17-16(25-3)18-8-9-19-17/h8-12H,4-7H2,1-3H3,(H,20,23). The number of amides is 1. The molecular formula is C17H23N5O4. The summed E-state index contributed by atoms with van der Waals surface area (Å²) in [5.74, 6) is 0.945. The lowest BCUT2D eigenvalue weighted by molar-refractivity contribution is 0.0883. The molecule has 2 aromatic heterocycles. The molecule has 140 valence electrons. The lowest BCUT2D eigenvalue weighted by Gasteiger charge is -2.29. The molecule has 1 aliphatic rings. The van der Waals surface area contributed by atoms with E-state index in [0.717, 1.165) is 25.7 Å². The highest BCUT2D eigenvalue weighted by Crippen LogP contribution is 2.27. The number of methoxy groups -OCH3 is 2. The minimum absolute atomic E-state index is 0.0293. The van der Waals surface area contributed by atoms with E-state index in [4.69, 9.17) is 14.2 Å². The molecule has 1 fully saturated rings. The predicted octanol–water partition coefficient (Wildman–Crippen LogP) is 1.35. The zero-order valence-electron chi connectivity index (χ0n) is 15.1. The van der Waals surface area contributed by atoms with E-state index in [1.807, 2.05) is 0 Å². The van der Waals surface area contributed by atoms with E-state index < -0.39 is 0 Å². The van der Waals surface area contributed by atoms with Gasteiger partial charge in [-0.05, 0) is 25.7 Å². The molecule has 1 N–H and O–H groups in total. The Labute approximate surface area is 151 Å². The van der Waals surface area contributed by atoms with E-state index in [2.05, 4.69) is 20.4 Å². The van der Waals surface area contributed by atoms with Crippen LogP contribution in [0, 0.1) is 0 Å². The molecule has 9 heteroatoms. The van der Waals surface area contributed by atoms with Crippen molar-refractivity contribution in [3.63, 3.8) is 0 Å². The summed E-state index contributed by atoms with van der Waals surface area (Å²) in [7, 11) is 4.79. The van der Waals surface area contributed by atoms with Crippen molar-refractivity contribution in [3.05, 3.63) is 24.2 Å². The van der Waals surface area contributed by atoms with E-state index in [-0.39, 0.29) is 18.1 Å². The number of ether oxygens (including phenoxy) is 3. The summed E-state index contributed by atoms with van der Waals surface area (Å²) in [5.41, 5.74) is 0.442. The molecular weight excluding hydrogens is 338 g/mol. The van der Waals surface area contributed by atoms with E-state index >= 15 is 0 Å². The molecule has 0 aromatic carbocycles. The molecule has 0 spiro atoms. The fourth-order valence-corrected chi connectivity index (χ4v) is 3.05. The van der Waals surface area contributed by atoms with Crippen molar-refractivity contribution in [3.8, 4) is 17.6 Å². The van der Waals surface area contributed by atoms with Crippen LogP contribution >= 0.6 is 0 Å². The molecule has 1 amide bonds. The molecule has 0 saturated heterocycles. The maximum absolute atomic E-state index is 12.5.